The van der Waals surface area contributed by atoms with Crippen LogP contribution in [0.25, 0.3) is 10.8 Å². The number of halogens is 3. The summed E-state index contributed by atoms with van der Waals surface area (Å²) < 4.78 is 26.4. The average molecular weight is 1120 g/mol. The first-order valence-electron chi connectivity index (χ1n) is 25.0. The Kier molecular flexibility index (Phi) is 21.2. The molecule has 22 heteroatoms. The molecule has 4 aromatic rings. The molecule has 3 aromatic carbocycles. The summed E-state index contributed by atoms with van der Waals surface area (Å²) in [6.07, 6.45) is -1.42. The van der Waals surface area contributed by atoms with Crippen molar-refractivity contribution >= 4 is 87.4 Å². The highest BCUT2D eigenvalue weighted by molar-refractivity contribution is 6.67. The lowest BCUT2D eigenvalue weighted by Crippen LogP contribution is -2.65. The third-order valence-electron chi connectivity index (χ3n) is 11.7. The van der Waals surface area contributed by atoms with E-state index in [9.17, 15) is 33.6 Å². The quantitative estimate of drug-likeness (QED) is 0.0438. The Balaban J connectivity index is 1.48. The van der Waals surface area contributed by atoms with Crippen LogP contribution in [0.2, 0.25) is 0 Å². The van der Waals surface area contributed by atoms with Crippen molar-refractivity contribution in [1.82, 2.24) is 35.8 Å². The molecule has 1 aliphatic heterocycles. The largest absolute Gasteiger partial charge is 0.491 e. The number of hydrogen-bond donors (Lipinski definition) is 3. The first-order chi connectivity index (χ1) is 35.6. The first-order valence-corrected chi connectivity index (χ1v) is 26.2. The number of piperazine rings is 1. The van der Waals surface area contributed by atoms with E-state index in [1.165, 1.54) is 21.7 Å². The van der Waals surface area contributed by atoms with Crippen LogP contribution in [-0.4, -0.2) is 147 Å². The second-order valence-electron chi connectivity index (χ2n) is 21.1. The Morgan fingerprint density at radius 2 is 1.54 bits per heavy atom. The number of likely N-dealkylation sites (N-methyl/N-ethyl adjacent to an activating group) is 1. The van der Waals surface area contributed by atoms with Gasteiger partial charge in [-0.05, 0) is 89.6 Å². The summed E-state index contributed by atoms with van der Waals surface area (Å²) in [5, 5.41) is 13.6. The zero-order chi connectivity index (χ0) is 56.1. The van der Waals surface area contributed by atoms with Crippen LogP contribution in [-0.2, 0) is 46.2 Å². The van der Waals surface area contributed by atoms with Gasteiger partial charge >= 0.3 is 18.2 Å². The number of carbonyl (C=O) groups is 7. The maximum atomic E-state index is 15.0. The Bertz CT molecular complexity index is 2670. The number of aryl methyl sites for hydroxylation is 1. The van der Waals surface area contributed by atoms with Gasteiger partial charge in [-0.3, -0.25) is 28.9 Å². The number of benzene rings is 3. The molecule has 1 fully saturated rings. The number of ether oxygens (including phenoxy) is 4. The summed E-state index contributed by atoms with van der Waals surface area (Å²) in [5.74, 6) is -2.80. The smallest absolute Gasteiger partial charge is 0.410 e. The van der Waals surface area contributed by atoms with Gasteiger partial charge in [-0.2, -0.15) is 0 Å². The normalized spacial score (nSPS) is 15.3. The van der Waals surface area contributed by atoms with Crippen molar-refractivity contribution in [2.45, 2.75) is 127 Å². The number of rotatable bonds is 20. The molecule has 76 heavy (non-hydrogen) atoms. The Morgan fingerprint density at radius 3 is 2.17 bits per heavy atom. The summed E-state index contributed by atoms with van der Waals surface area (Å²) >= 11 is 17.7. The Labute approximate surface area is 458 Å². The van der Waals surface area contributed by atoms with E-state index in [0.29, 0.717) is 28.6 Å². The fraction of sp³-hybridized carbons (Fsp3) is 0.519. The number of amides is 6. The molecule has 1 aromatic heterocycles. The maximum Gasteiger partial charge on any atom is 0.410 e. The molecule has 4 atom stereocenters. The van der Waals surface area contributed by atoms with Crippen molar-refractivity contribution in [3.05, 3.63) is 95.4 Å². The number of carbonyl (C=O) groups excluding carboxylic acids is 7. The summed E-state index contributed by atoms with van der Waals surface area (Å²) in [6.45, 7) is 14.5. The lowest BCUT2D eigenvalue weighted by Gasteiger charge is -2.43. The number of aromatic nitrogens is 1. The number of nitrogens with one attached hydrogen (secondary N) is 3. The first kappa shape index (κ1) is 60.6. The van der Waals surface area contributed by atoms with Crippen molar-refractivity contribution in [1.29, 1.82) is 0 Å². The van der Waals surface area contributed by atoms with Gasteiger partial charge in [-0.25, -0.2) is 9.59 Å². The van der Waals surface area contributed by atoms with E-state index >= 15 is 0 Å². The van der Waals surface area contributed by atoms with Crippen LogP contribution in [0, 0.1) is 12.8 Å². The summed E-state index contributed by atoms with van der Waals surface area (Å²) in [7, 11) is 1.46. The molecule has 0 radical (unpaired) electrons. The minimum atomic E-state index is -1.92. The molecule has 0 saturated carbocycles. The van der Waals surface area contributed by atoms with Gasteiger partial charge in [0.2, 0.25) is 21.5 Å². The average Bonchev–Trinajstić information content (AvgIpc) is 3.76. The zero-order valence-electron chi connectivity index (χ0n) is 44.7. The molecule has 414 valence electrons. The fourth-order valence-electron chi connectivity index (χ4n) is 8.30. The van der Waals surface area contributed by atoms with Crippen LogP contribution in [0.5, 0.6) is 5.75 Å². The second kappa shape index (κ2) is 26.6. The summed E-state index contributed by atoms with van der Waals surface area (Å²) in [4.78, 5) is 102. The molecule has 6 amide bonds. The van der Waals surface area contributed by atoms with Gasteiger partial charge in [0.25, 0.3) is 5.91 Å². The Hall–Kier alpha value is -6.31. The highest BCUT2D eigenvalue weighted by Gasteiger charge is 2.43. The molecule has 5 rings (SSSR count). The van der Waals surface area contributed by atoms with E-state index in [4.69, 9.17) is 58.3 Å². The standard InChI is InChI=1S/C54H70Cl3N7O12/c1-33(2)26-41(62(10)50(70)75-53(7,8)9)49(69)64-25-24-63(51(71)73-32-54(55,56)57)30-42(64)47(67)59-37(28-35-16-12-11-13-17-35)31-72-43-21-20-36-18-14-15-19-39(36)45(43)48(68)60-40(29-44(65)74-52(4,5)6)46(66)58-23-22-38-27-34(3)61-76-38/h11-21,27,33,37,40-42H,22-26,28-32H2,1-10H3,(H,58,66)(H,59,67)(H,60,68)/t37-,40+,41+,42-/m1/s1. The fourth-order valence-corrected chi connectivity index (χ4v) is 8.46. The van der Waals surface area contributed by atoms with E-state index in [2.05, 4.69) is 21.1 Å². The molecule has 1 saturated heterocycles. The third-order valence-corrected chi connectivity index (χ3v) is 12.0. The molecule has 0 spiro atoms. The minimum Gasteiger partial charge on any atom is -0.491 e. The van der Waals surface area contributed by atoms with Crippen molar-refractivity contribution in [3.8, 4) is 5.75 Å². The van der Waals surface area contributed by atoms with Crippen LogP contribution in [0.1, 0.15) is 95.6 Å². The molecule has 19 nitrogen and oxygen atoms in total. The highest BCUT2D eigenvalue weighted by atomic mass is 35.6. The molecule has 0 bridgehead atoms. The molecule has 2 heterocycles. The summed E-state index contributed by atoms with van der Waals surface area (Å²) in [5.41, 5.74) is -0.243. The van der Waals surface area contributed by atoms with Crippen molar-refractivity contribution in [3.63, 3.8) is 0 Å². The van der Waals surface area contributed by atoms with Gasteiger partial charge in [-0.15, -0.1) is 0 Å². The predicted octanol–water partition coefficient (Wildman–Crippen LogP) is 7.73. The van der Waals surface area contributed by atoms with Gasteiger partial charge in [0, 0.05) is 39.2 Å². The van der Waals surface area contributed by atoms with Crippen LogP contribution >= 0.6 is 34.8 Å². The number of nitrogens with zero attached hydrogens (tertiary/aromatic N) is 4. The lowest BCUT2D eigenvalue weighted by atomic mass is 9.99. The number of fused-ring (bicyclic) bond motifs is 1. The van der Waals surface area contributed by atoms with E-state index in [1.54, 1.807) is 90.9 Å². The van der Waals surface area contributed by atoms with Crippen LogP contribution < -0.4 is 20.7 Å². The second-order valence-corrected chi connectivity index (χ2v) is 23.6. The highest BCUT2D eigenvalue weighted by Crippen LogP contribution is 2.30. The lowest BCUT2D eigenvalue weighted by molar-refractivity contribution is -0.156. The number of esters is 1. The molecule has 0 unspecified atom stereocenters. The van der Waals surface area contributed by atoms with Crippen molar-refractivity contribution in [2.75, 3.05) is 46.4 Å². The molecule has 3 N–H and O–H groups in total. The molecular formula is C54H70Cl3N7O12. The maximum absolute atomic E-state index is 15.0. The number of hydrogen-bond acceptors (Lipinski definition) is 13. The van der Waals surface area contributed by atoms with Crippen LogP contribution in [0.15, 0.2) is 77.3 Å². The topological polar surface area (TPSA) is 228 Å². The van der Waals surface area contributed by atoms with Gasteiger partial charge in [0.05, 0.1) is 30.3 Å². The van der Waals surface area contributed by atoms with E-state index < -0.39 is 94.0 Å². The number of alkyl halides is 3. The van der Waals surface area contributed by atoms with Crippen molar-refractivity contribution in [2.24, 2.45) is 5.92 Å². The van der Waals surface area contributed by atoms with Gasteiger partial charge in [0.1, 0.15) is 54.1 Å². The van der Waals surface area contributed by atoms with E-state index in [1.807, 2.05) is 44.2 Å². The van der Waals surface area contributed by atoms with E-state index in [-0.39, 0.29) is 62.9 Å². The van der Waals surface area contributed by atoms with E-state index in [0.717, 1.165) is 5.56 Å². The van der Waals surface area contributed by atoms with Crippen LogP contribution in [0.4, 0.5) is 9.59 Å². The Morgan fingerprint density at radius 1 is 0.868 bits per heavy atom. The van der Waals surface area contributed by atoms with Gasteiger partial charge < -0.3 is 49.2 Å². The van der Waals surface area contributed by atoms with Crippen LogP contribution in [0.3, 0.4) is 0 Å². The molecule has 1 aliphatic rings. The van der Waals surface area contributed by atoms with Gasteiger partial charge in [-0.1, -0.05) is 114 Å². The predicted molar refractivity (Wildman–Crippen MR) is 287 cm³/mol. The third kappa shape index (κ3) is 18.8. The monoisotopic (exact) mass is 1110 g/mol. The van der Waals surface area contributed by atoms with Gasteiger partial charge in [0.15, 0.2) is 0 Å². The summed E-state index contributed by atoms with van der Waals surface area (Å²) in [6, 6.07) is 16.7. The zero-order valence-corrected chi connectivity index (χ0v) is 47.0. The SMILES string of the molecule is Cc1cc(CCNC(=O)[C@H](CC(=O)OC(C)(C)C)NC(=O)c2c(OC[C@@H](Cc3ccccc3)NC(=O)[C@H]3CN(C(=O)OCC(Cl)(Cl)Cl)CCN3C(=O)[C@H](CC(C)C)N(C)C(=O)OC(C)(C)C)ccc3ccccc23)on1. The van der Waals surface area contributed by atoms with Crippen molar-refractivity contribution < 1.29 is 57.0 Å². The molecule has 0 aliphatic carbocycles. The molecular weight excluding hydrogens is 1040 g/mol. The minimum absolute atomic E-state index is 0.0420.